The first-order valence-electron chi connectivity index (χ1n) is 13.3. The average molecular weight is 557 g/mol. The normalized spacial score (nSPS) is 22.9. The number of thiophene rings is 1. The molecule has 3 heterocycles. The van der Waals surface area contributed by atoms with Crippen molar-refractivity contribution in [2.24, 2.45) is 11.5 Å². The number of hydrogen-bond acceptors (Lipinski definition) is 9. The smallest absolute Gasteiger partial charge is 0.262 e. The van der Waals surface area contributed by atoms with Gasteiger partial charge in [0.2, 0.25) is 5.88 Å². The van der Waals surface area contributed by atoms with E-state index in [1.807, 2.05) is 32.2 Å². The molecule has 4 aromatic rings. The van der Waals surface area contributed by atoms with E-state index >= 15 is 0 Å². The summed E-state index contributed by atoms with van der Waals surface area (Å²) in [4.78, 5) is 34.5. The van der Waals surface area contributed by atoms with Crippen molar-refractivity contribution >= 4 is 38.8 Å². The van der Waals surface area contributed by atoms with Gasteiger partial charge in [-0.2, -0.15) is 0 Å². The van der Waals surface area contributed by atoms with Crippen LogP contribution in [0.5, 0.6) is 11.6 Å². The van der Waals surface area contributed by atoms with Crippen molar-refractivity contribution in [3.63, 3.8) is 0 Å². The molecule has 6 rings (SSSR count). The molecular formula is C30H32N6O3S. The lowest BCUT2D eigenvalue weighted by Crippen LogP contribution is -2.53. The number of aromatic nitrogens is 1. The van der Waals surface area contributed by atoms with Crippen LogP contribution < -0.4 is 27.3 Å². The number of piperidine rings is 1. The number of carbonyl (C=O) groups is 2. The van der Waals surface area contributed by atoms with E-state index in [1.54, 1.807) is 36.5 Å². The van der Waals surface area contributed by atoms with Crippen molar-refractivity contribution in [1.29, 1.82) is 0 Å². The molecule has 1 aliphatic carbocycles. The standard InChI is InChI=1S/C30H32N6O3S/c1-16-14-18(39-22-7-3-4-12-34-22)8-9-19(16)30(33)20-10-11-21(31)26-23(20)24(25(32)28(30)37)27(40-26)29(38)35-17-6-5-13-36(2)15-17/h3-4,7-12,14,17,25H,5-6,13,15,31-33H2,1-2H3,(H,35,38). The second kappa shape index (κ2) is 9.97. The maximum Gasteiger partial charge on any atom is 0.262 e. The fraction of sp³-hybridized carbons (Fsp3) is 0.300. The number of benzene rings is 2. The third kappa shape index (κ3) is 4.24. The highest BCUT2D eigenvalue weighted by Crippen LogP contribution is 2.50. The van der Waals surface area contributed by atoms with Crippen molar-refractivity contribution in [3.05, 3.63) is 81.9 Å². The van der Waals surface area contributed by atoms with E-state index in [9.17, 15) is 9.59 Å². The predicted molar refractivity (Wildman–Crippen MR) is 157 cm³/mol. The van der Waals surface area contributed by atoms with Crippen LogP contribution in [-0.4, -0.2) is 47.8 Å². The van der Waals surface area contributed by atoms with Crippen LogP contribution in [0, 0.1) is 6.92 Å². The van der Waals surface area contributed by atoms with Gasteiger partial charge in [0.05, 0.1) is 15.6 Å². The van der Waals surface area contributed by atoms with Crippen LogP contribution in [0.3, 0.4) is 0 Å². The summed E-state index contributed by atoms with van der Waals surface area (Å²) in [5.74, 6) is 0.419. The zero-order chi connectivity index (χ0) is 28.2. The highest BCUT2D eigenvalue weighted by Gasteiger charge is 2.49. The Labute approximate surface area is 236 Å². The van der Waals surface area contributed by atoms with Crippen molar-refractivity contribution in [3.8, 4) is 11.6 Å². The van der Waals surface area contributed by atoms with E-state index in [-0.39, 0.29) is 17.7 Å². The molecule has 1 saturated heterocycles. The second-order valence-corrected chi connectivity index (χ2v) is 11.7. The number of nitrogens with one attached hydrogen (secondary N) is 1. The van der Waals surface area contributed by atoms with Crippen LogP contribution in [0.25, 0.3) is 10.1 Å². The van der Waals surface area contributed by atoms with E-state index in [1.165, 1.54) is 11.3 Å². The van der Waals surface area contributed by atoms with E-state index < -0.39 is 11.6 Å². The molecule has 2 aromatic heterocycles. The molecule has 0 saturated carbocycles. The van der Waals surface area contributed by atoms with E-state index in [0.717, 1.165) is 31.5 Å². The van der Waals surface area contributed by atoms with Crippen molar-refractivity contribution in [2.75, 3.05) is 25.9 Å². The highest BCUT2D eigenvalue weighted by atomic mass is 32.1. The first kappa shape index (κ1) is 26.4. The Morgan fingerprint density at radius 1 is 1.20 bits per heavy atom. The maximum atomic E-state index is 14.1. The molecule has 1 fully saturated rings. The van der Waals surface area contributed by atoms with Crippen molar-refractivity contribution in [2.45, 2.75) is 37.4 Å². The van der Waals surface area contributed by atoms with Crippen LogP contribution in [0.15, 0.2) is 54.7 Å². The highest BCUT2D eigenvalue weighted by molar-refractivity contribution is 7.21. The molecule has 3 atom stereocenters. The van der Waals surface area contributed by atoms with Crippen molar-refractivity contribution in [1.82, 2.24) is 15.2 Å². The number of nitrogen functional groups attached to an aromatic ring is 1. The van der Waals surface area contributed by atoms with E-state index in [0.29, 0.717) is 49.0 Å². The van der Waals surface area contributed by atoms with Crippen LogP contribution >= 0.6 is 11.3 Å². The zero-order valence-corrected chi connectivity index (χ0v) is 23.3. The molecule has 7 N–H and O–H groups in total. The topological polar surface area (TPSA) is 150 Å². The number of likely N-dealkylation sites (tertiary alicyclic amines) is 1. The number of ether oxygens (including phenoxy) is 1. The monoisotopic (exact) mass is 556 g/mol. The van der Waals surface area contributed by atoms with Gasteiger partial charge in [-0.05, 0) is 74.3 Å². The molecule has 206 valence electrons. The van der Waals surface area contributed by atoms with Gasteiger partial charge in [-0.3, -0.25) is 9.59 Å². The average Bonchev–Trinajstić information content (AvgIpc) is 3.34. The number of amides is 1. The van der Waals surface area contributed by atoms with Gasteiger partial charge < -0.3 is 32.2 Å². The summed E-state index contributed by atoms with van der Waals surface area (Å²) in [5, 5.41) is 3.85. The predicted octanol–water partition coefficient (Wildman–Crippen LogP) is 3.59. The Kier molecular flexibility index (Phi) is 6.58. The lowest BCUT2D eigenvalue weighted by Gasteiger charge is -2.37. The summed E-state index contributed by atoms with van der Waals surface area (Å²) < 4.78 is 6.60. The van der Waals surface area contributed by atoms with Gasteiger partial charge in [0, 0.05) is 41.5 Å². The summed E-state index contributed by atoms with van der Waals surface area (Å²) in [7, 11) is 2.04. The maximum absolute atomic E-state index is 14.1. The summed E-state index contributed by atoms with van der Waals surface area (Å²) >= 11 is 1.27. The van der Waals surface area contributed by atoms with Gasteiger partial charge in [0.1, 0.15) is 11.3 Å². The molecule has 40 heavy (non-hydrogen) atoms. The molecule has 2 aromatic carbocycles. The Morgan fingerprint density at radius 2 is 2.00 bits per heavy atom. The second-order valence-electron chi connectivity index (χ2n) is 10.7. The zero-order valence-electron chi connectivity index (χ0n) is 22.4. The first-order valence-corrected chi connectivity index (χ1v) is 14.1. The number of nitrogens with zero attached hydrogens (tertiary/aromatic N) is 2. The first-order chi connectivity index (χ1) is 19.2. The van der Waals surface area contributed by atoms with Crippen LogP contribution in [0.4, 0.5) is 5.69 Å². The molecule has 1 amide bonds. The van der Waals surface area contributed by atoms with Gasteiger partial charge in [-0.25, -0.2) is 4.98 Å². The van der Waals surface area contributed by atoms with E-state index in [4.69, 9.17) is 21.9 Å². The number of nitrogens with two attached hydrogens (primary N) is 3. The molecule has 0 radical (unpaired) electrons. The Bertz CT molecular complexity index is 1640. The van der Waals surface area contributed by atoms with Gasteiger partial charge in [0.25, 0.3) is 5.91 Å². The van der Waals surface area contributed by atoms with Gasteiger partial charge >= 0.3 is 0 Å². The number of likely N-dealkylation sites (N-methyl/N-ethyl adjacent to an activating group) is 1. The molecule has 10 heteroatoms. The summed E-state index contributed by atoms with van der Waals surface area (Å²) in [6.45, 7) is 3.66. The summed E-state index contributed by atoms with van der Waals surface area (Å²) in [6.07, 6.45) is 3.57. The molecular weight excluding hydrogens is 524 g/mol. The lowest BCUT2D eigenvalue weighted by atomic mass is 9.69. The summed E-state index contributed by atoms with van der Waals surface area (Å²) in [5.41, 5.74) is 21.6. The quantitative estimate of drug-likeness (QED) is 0.273. The number of rotatable bonds is 5. The summed E-state index contributed by atoms with van der Waals surface area (Å²) in [6, 6.07) is 13.3. The molecule has 9 nitrogen and oxygen atoms in total. The largest absolute Gasteiger partial charge is 0.439 e. The third-order valence-corrected chi connectivity index (χ3v) is 9.22. The number of carbonyl (C=O) groups excluding carboxylic acids is 2. The number of ketones is 1. The molecule has 1 aliphatic heterocycles. The number of pyridine rings is 1. The van der Waals surface area contributed by atoms with Gasteiger partial charge in [0.15, 0.2) is 5.78 Å². The number of anilines is 1. The molecule has 0 bridgehead atoms. The minimum absolute atomic E-state index is 0.0269. The Hall–Kier alpha value is -3.83. The van der Waals surface area contributed by atoms with Crippen LogP contribution in [0.1, 0.15) is 50.8 Å². The number of hydrogen-bond donors (Lipinski definition) is 4. The van der Waals surface area contributed by atoms with Crippen LogP contribution in [-0.2, 0) is 10.3 Å². The Morgan fingerprint density at radius 3 is 2.73 bits per heavy atom. The SMILES string of the molecule is Cc1cc(Oc2ccccn2)ccc1C1(N)C(=O)C(N)c2c(C(=O)NC3CCCN(C)C3)sc3c(N)ccc1c23. The molecule has 2 aliphatic rings. The van der Waals surface area contributed by atoms with Gasteiger partial charge in [-0.1, -0.05) is 18.2 Å². The van der Waals surface area contributed by atoms with E-state index in [2.05, 4.69) is 15.2 Å². The fourth-order valence-corrected chi connectivity index (χ4v) is 7.24. The number of aryl methyl sites for hydroxylation is 1. The minimum atomic E-state index is -1.53. The lowest BCUT2D eigenvalue weighted by molar-refractivity contribution is -0.124. The third-order valence-electron chi connectivity index (χ3n) is 7.96. The molecule has 0 spiro atoms. The van der Waals surface area contributed by atoms with Crippen LogP contribution in [0.2, 0.25) is 0 Å². The number of Topliss-reactive ketones (excluding diaryl/α,β-unsaturated/α-hetero) is 1. The molecule has 3 unspecified atom stereocenters. The Balaban J connectivity index is 1.43. The van der Waals surface area contributed by atoms with Crippen molar-refractivity contribution < 1.29 is 14.3 Å². The van der Waals surface area contributed by atoms with Gasteiger partial charge in [-0.15, -0.1) is 11.3 Å². The fourth-order valence-electron chi connectivity index (χ4n) is 6.03. The minimum Gasteiger partial charge on any atom is -0.439 e.